The van der Waals surface area contributed by atoms with Crippen LogP contribution in [0.4, 0.5) is 5.69 Å². The summed E-state index contributed by atoms with van der Waals surface area (Å²) in [5, 5.41) is 2.85. The number of anilines is 1. The molecule has 0 aliphatic carbocycles. The van der Waals surface area contributed by atoms with E-state index in [0.717, 1.165) is 62.3 Å². The van der Waals surface area contributed by atoms with Gasteiger partial charge in [0.1, 0.15) is 5.75 Å². The van der Waals surface area contributed by atoms with Gasteiger partial charge in [0.2, 0.25) is 15.9 Å². The van der Waals surface area contributed by atoms with Gasteiger partial charge in [0.15, 0.2) is 0 Å². The number of hydrogen-bond donors (Lipinski definition) is 2. The van der Waals surface area contributed by atoms with Gasteiger partial charge in [-0.25, -0.2) is 13.1 Å². The van der Waals surface area contributed by atoms with Crippen molar-refractivity contribution in [2.24, 2.45) is 5.92 Å². The first-order chi connectivity index (χ1) is 15.9. The van der Waals surface area contributed by atoms with Crippen LogP contribution in [0.5, 0.6) is 5.75 Å². The fourth-order valence-corrected chi connectivity index (χ4v) is 5.69. The number of fused-ring (bicyclic) bond motifs is 1. The molecule has 33 heavy (non-hydrogen) atoms. The topological polar surface area (TPSA) is 87.7 Å². The number of methoxy groups -OCH3 is 1. The van der Waals surface area contributed by atoms with Crippen LogP contribution in [0, 0.1) is 5.92 Å². The number of likely N-dealkylation sites (tertiary alicyclic amines) is 1. The summed E-state index contributed by atoms with van der Waals surface area (Å²) in [4.78, 5) is 14.4. The first-order valence-corrected chi connectivity index (χ1v) is 13.2. The molecule has 0 radical (unpaired) electrons. The van der Waals surface area contributed by atoms with E-state index in [1.165, 1.54) is 5.56 Å². The molecule has 0 atom stereocenters. The Morgan fingerprint density at radius 2 is 1.85 bits per heavy atom. The number of nitrogens with zero attached hydrogens (tertiary/aromatic N) is 1. The van der Waals surface area contributed by atoms with Crippen LogP contribution in [-0.4, -0.2) is 52.5 Å². The third kappa shape index (κ3) is 6.34. The summed E-state index contributed by atoms with van der Waals surface area (Å²) in [5.41, 5.74) is 2.90. The zero-order chi connectivity index (χ0) is 23.3. The lowest BCUT2D eigenvalue weighted by Crippen LogP contribution is -2.39. The maximum atomic E-state index is 12.9. The number of hydrogen-bond acceptors (Lipinski definition) is 5. The smallest absolute Gasteiger partial charge is 0.240 e. The second-order valence-electron chi connectivity index (χ2n) is 8.96. The van der Waals surface area contributed by atoms with Gasteiger partial charge in [-0.3, -0.25) is 4.79 Å². The van der Waals surface area contributed by atoms with Crippen LogP contribution in [-0.2, 0) is 27.7 Å². The number of nitrogens with one attached hydrogen (secondary N) is 2. The summed E-state index contributed by atoms with van der Waals surface area (Å²) in [6.45, 7) is 3.45. The van der Waals surface area contributed by atoms with Crippen LogP contribution in [0.25, 0.3) is 0 Å². The number of carbonyl (C=O) groups excluding carboxylic acids is 1. The van der Waals surface area contributed by atoms with Crippen molar-refractivity contribution in [2.45, 2.75) is 43.4 Å². The first kappa shape index (κ1) is 23.7. The monoisotopic (exact) mass is 471 g/mol. The van der Waals surface area contributed by atoms with Gasteiger partial charge in [-0.1, -0.05) is 12.1 Å². The summed E-state index contributed by atoms with van der Waals surface area (Å²) in [6.07, 6.45) is 4.87. The SMILES string of the molecule is COc1ccc(CCN2CCC(CNS(=O)(=O)c3ccc4c(c3)CCCC(=O)N4)CC2)cc1. The average molecular weight is 472 g/mol. The molecule has 1 saturated heterocycles. The van der Waals surface area contributed by atoms with E-state index in [9.17, 15) is 13.2 Å². The molecule has 2 heterocycles. The molecule has 8 heteroatoms. The fraction of sp³-hybridized carbons (Fsp3) is 0.480. The van der Waals surface area contributed by atoms with E-state index >= 15 is 0 Å². The van der Waals surface area contributed by atoms with Crippen molar-refractivity contribution in [1.82, 2.24) is 9.62 Å². The lowest BCUT2D eigenvalue weighted by molar-refractivity contribution is -0.116. The van der Waals surface area contributed by atoms with Crippen LogP contribution in [0.2, 0.25) is 0 Å². The zero-order valence-corrected chi connectivity index (χ0v) is 20.0. The second-order valence-corrected chi connectivity index (χ2v) is 10.7. The maximum Gasteiger partial charge on any atom is 0.240 e. The van der Waals surface area contributed by atoms with Crippen LogP contribution in [0.1, 0.15) is 36.8 Å². The standard InChI is InChI=1S/C25H33N3O4S/c1-32-22-7-5-19(6-8-22)11-14-28-15-12-20(13-16-28)18-26-33(30,31)23-9-10-24-21(17-23)3-2-4-25(29)27-24/h5-10,17,20,26H,2-4,11-16,18H2,1H3,(H,27,29). The predicted octanol–water partition coefficient (Wildman–Crippen LogP) is 3.20. The van der Waals surface area contributed by atoms with E-state index in [1.54, 1.807) is 25.3 Å². The molecular weight excluding hydrogens is 438 g/mol. The lowest BCUT2D eigenvalue weighted by Gasteiger charge is -2.32. The molecule has 1 fully saturated rings. The number of ether oxygens (including phenoxy) is 1. The highest BCUT2D eigenvalue weighted by molar-refractivity contribution is 7.89. The van der Waals surface area contributed by atoms with Gasteiger partial charge in [-0.15, -0.1) is 0 Å². The van der Waals surface area contributed by atoms with Gasteiger partial charge in [0, 0.05) is 25.2 Å². The quantitative estimate of drug-likeness (QED) is 0.617. The minimum Gasteiger partial charge on any atom is -0.497 e. The third-order valence-electron chi connectivity index (χ3n) is 6.66. The Hall–Kier alpha value is -2.42. The Kier molecular flexibility index (Phi) is 7.67. The molecule has 0 unspecified atom stereocenters. The Balaban J connectivity index is 1.24. The molecule has 0 spiro atoms. The van der Waals surface area contributed by atoms with Crippen molar-refractivity contribution in [2.75, 3.05) is 38.6 Å². The Bertz CT molecular complexity index is 1060. The van der Waals surface area contributed by atoms with Crippen molar-refractivity contribution >= 4 is 21.6 Å². The van der Waals surface area contributed by atoms with Gasteiger partial charge in [-0.05, 0) is 92.6 Å². The summed E-state index contributed by atoms with van der Waals surface area (Å²) >= 11 is 0. The maximum absolute atomic E-state index is 12.9. The number of piperidine rings is 1. The van der Waals surface area contributed by atoms with E-state index < -0.39 is 10.0 Å². The molecule has 2 aliphatic heterocycles. The molecule has 7 nitrogen and oxygen atoms in total. The van der Waals surface area contributed by atoms with Crippen molar-refractivity contribution in [3.05, 3.63) is 53.6 Å². The van der Waals surface area contributed by atoms with Crippen molar-refractivity contribution in [3.63, 3.8) is 0 Å². The highest BCUT2D eigenvalue weighted by Gasteiger charge is 2.23. The molecular formula is C25H33N3O4S. The van der Waals surface area contributed by atoms with Crippen molar-refractivity contribution in [3.8, 4) is 5.75 Å². The number of benzene rings is 2. The van der Waals surface area contributed by atoms with Crippen molar-refractivity contribution in [1.29, 1.82) is 0 Å². The molecule has 2 aromatic rings. The van der Waals surface area contributed by atoms with Gasteiger partial charge in [0.25, 0.3) is 0 Å². The number of sulfonamides is 1. The second kappa shape index (κ2) is 10.7. The zero-order valence-electron chi connectivity index (χ0n) is 19.2. The number of rotatable bonds is 8. The molecule has 0 bridgehead atoms. The van der Waals surface area contributed by atoms with Crippen LogP contribution >= 0.6 is 0 Å². The Morgan fingerprint density at radius 1 is 1.09 bits per heavy atom. The Morgan fingerprint density at radius 3 is 2.58 bits per heavy atom. The molecule has 178 valence electrons. The third-order valence-corrected chi connectivity index (χ3v) is 8.08. The van der Waals surface area contributed by atoms with Crippen LogP contribution in [0.3, 0.4) is 0 Å². The van der Waals surface area contributed by atoms with E-state index in [2.05, 4.69) is 27.1 Å². The predicted molar refractivity (Wildman–Crippen MR) is 129 cm³/mol. The number of amides is 1. The summed E-state index contributed by atoms with van der Waals surface area (Å²) in [7, 11) is -1.90. The molecule has 2 N–H and O–H groups in total. The fourth-order valence-electron chi connectivity index (χ4n) is 4.52. The lowest BCUT2D eigenvalue weighted by atomic mass is 9.97. The van der Waals surface area contributed by atoms with Gasteiger partial charge in [0.05, 0.1) is 12.0 Å². The van der Waals surface area contributed by atoms with Crippen LogP contribution in [0.15, 0.2) is 47.4 Å². The molecule has 2 aliphatic rings. The van der Waals surface area contributed by atoms with Crippen molar-refractivity contribution < 1.29 is 17.9 Å². The summed E-state index contributed by atoms with van der Waals surface area (Å²) in [5.74, 6) is 1.20. The number of carbonyl (C=O) groups is 1. The highest BCUT2D eigenvalue weighted by Crippen LogP contribution is 2.25. The van der Waals surface area contributed by atoms with E-state index in [0.29, 0.717) is 25.3 Å². The van der Waals surface area contributed by atoms with Gasteiger partial charge in [-0.2, -0.15) is 0 Å². The normalized spacial score (nSPS) is 17.8. The summed E-state index contributed by atoms with van der Waals surface area (Å²) in [6, 6.07) is 13.2. The minimum absolute atomic E-state index is 0.0159. The van der Waals surface area contributed by atoms with E-state index in [-0.39, 0.29) is 10.8 Å². The molecule has 4 rings (SSSR count). The van der Waals surface area contributed by atoms with E-state index in [1.807, 2.05) is 12.1 Å². The van der Waals surface area contributed by atoms with Crippen LogP contribution < -0.4 is 14.8 Å². The number of aryl methyl sites for hydroxylation is 1. The molecule has 2 aromatic carbocycles. The van der Waals surface area contributed by atoms with Gasteiger partial charge < -0.3 is 15.0 Å². The van der Waals surface area contributed by atoms with Gasteiger partial charge >= 0.3 is 0 Å². The molecule has 1 amide bonds. The average Bonchev–Trinajstić information content (AvgIpc) is 3.02. The highest BCUT2D eigenvalue weighted by atomic mass is 32.2. The largest absolute Gasteiger partial charge is 0.497 e. The molecule has 0 aromatic heterocycles. The molecule has 0 saturated carbocycles. The Labute approximate surface area is 196 Å². The summed E-state index contributed by atoms with van der Waals surface area (Å²) < 4.78 is 33.7. The first-order valence-electron chi connectivity index (χ1n) is 11.7. The minimum atomic E-state index is -3.57. The van der Waals surface area contributed by atoms with E-state index in [4.69, 9.17) is 4.74 Å².